The van der Waals surface area contributed by atoms with Crippen molar-refractivity contribution in [1.29, 1.82) is 0 Å². The van der Waals surface area contributed by atoms with E-state index in [4.69, 9.17) is 0 Å². The van der Waals surface area contributed by atoms with Crippen LogP contribution in [0.5, 0.6) is 11.5 Å². The lowest BCUT2D eigenvalue weighted by atomic mass is 10.1. The number of hydrogen-bond donors (Lipinski definition) is 2. The van der Waals surface area contributed by atoms with E-state index in [9.17, 15) is 18.6 Å². The highest BCUT2D eigenvalue weighted by Crippen LogP contribution is 2.39. The van der Waals surface area contributed by atoms with Gasteiger partial charge in [-0.2, -0.15) is 0 Å². The van der Waals surface area contributed by atoms with Crippen LogP contribution in [0.4, 0.5) is 0 Å². The van der Waals surface area contributed by atoms with E-state index in [0.29, 0.717) is 16.7 Å². The standard InChI is InChI=1S/C17H20O4S/c1-9-6-11(3)16(14(18)7-9)22(20,21)17-12(4)8-10(2)13(5)15(17)19/h6-8,18-19H,1-5H3. The van der Waals surface area contributed by atoms with Crippen molar-refractivity contribution in [3.05, 3.63) is 46.0 Å². The Balaban J connectivity index is 2.87. The highest BCUT2D eigenvalue weighted by atomic mass is 32.2. The largest absolute Gasteiger partial charge is 0.507 e. The zero-order valence-corrected chi connectivity index (χ0v) is 14.2. The smallest absolute Gasteiger partial charge is 0.214 e. The minimum absolute atomic E-state index is 0.141. The Morgan fingerprint density at radius 1 is 0.773 bits per heavy atom. The highest BCUT2D eigenvalue weighted by Gasteiger charge is 2.29. The van der Waals surface area contributed by atoms with E-state index in [-0.39, 0.29) is 21.3 Å². The lowest BCUT2D eigenvalue weighted by Gasteiger charge is -2.16. The summed E-state index contributed by atoms with van der Waals surface area (Å²) in [5.74, 6) is -0.550. The third kappa shape index (κ3) is 2.46. The molecule has 4 nitrogen and oxygen atoms in total. The first-order valence-electron chi connectivity index (χ1n) is 6.92. The Morgan fingerprint density at radius 3 is 1.86 bits per heavy atom. The van der Waals surface area contributed by atoms with E-state index < -0.39 is 9.84 Å². The molecule has 0 heterocycles. The van der Waals surface area contributed by atoms with Crippen molar-refractivity contribution in [3.63, 3.8) is 0 Å². The number of phenols is 2. The van der Waals surface area contributed by atoms with Crippen LogP contribution in [0.2, 0.25) is 0 Å². The predicted octanol–water partition coefficient (Wildman–Crippen LogP) is 3.47. The SMILES string of the molecule is Cc1cc(C)c(S(=O)(=O)c2c(C)cc(C)c(C)c2O)c(O)c1. The van der Waals surface area contributed by atoms with Crippen LogP contribution in [-0.2, 0) is 9.84 Å². The fraction of sp³-hybridized carbons (Fsp3) is 0.294. The van der Waals surface area contributed by atoms with Gasteiger partial charge in [0.1, 0.15) is 21.3 Å². The molecule has 0 aromatic heterocycles. The van der Waals surface area contributed by atoms with Crippen molar-refractivity contribution in [2.75, 3.05) is 0 Å². The van der Waals surface area contributed by atoms with Gasteiger partial charge in [0.15, 0.2) is 0 Å². The summed E-state index contributed by atoms with van der Waals surface area (Å²) in [5.41, 5.74) is 3.02. The molecular weight excluding hydrogens is 300 g/mol. The second-order valence-electron chi connectivity index (χ2n) is 5.75. The second-order valence-corrected chi connectivity index (χ2v) is 7.57. The summed E-state index contributed by atoms with van der Waals surface area (Å²) in [6.07, 6.45) is 0. The molecule has 2 rings (SSSR count). The maximum Gasteiger partial charge on any atom is 0.214 e. The Labute approximate surface area is 131 Å². The molecule has 0 unspecified atom stereocenters. The summed E-state index contributed by atoms with van der Waals surface area (Å²) in [4.78, 5) is -0.294. The molecule has 2 aromatic carbocycles. The fourth-order valence-electron chi connectivity index (χ4n) is 2.77. The van der Waals surface area contributed by atoms with Crippen LogP contribution in [0.15, 0.2) is 28.0 Å². The molecule has 0 atom stereocenters. The average Bonchev–Trinajstić information content (AvgIpc) is 2.33. The molecule has 0 saturated heterocycles. The highest BCUT2D eigenvalue weighted by molar-refractivity contribution is 7.91. The number of sulfone groups is 1. The zero-order chi connectivity index (χ0) is 16.8. The Kier molecular flexibility index (Phi) is 3.96. The normalized spacial score (nSPS) is 11.7. The molecule has 0 radical (unpaired) electrons. The minimum Gasteiger partial charge on any atom is -0.507 e. The molecule has 2 aromatic rings. The summed E-state index contributed by atoms with van der Waals surface area (Å²) in [7, 11) is -4.02. The van der Waals surface area contributed by atoms with Crippen LogP contribution in [0.3, 0.4) is 0 Å². The lowest BCUT2D eigenvalue weighted by Crippen LogP contribution is -2.08. The summed E-state index contributed by atoms with van der Waals surface area (Å²) in [6.45, 7) is 8.53. The third-order valence-corrected chi connectivity index (χ3v) is 6.01. The maximum absolute atomic E-state index is 13.0. The number of aryl methyl sites for hydroxylation is 4. The molecule has 0 spiro atoms. The molecule has 22 heavy (non-hydrogen) atoms. The lowest BCUT2D eigenvalue weighted by molar-refractivity contribution is 0.448. The summed E-state index contributed by atoms with van der Waals surface area (Å²) in [5, 5.41) is 20.4. The molecule has 0 aliphatic carbocycles. The van der Waals surface area contributed by atoms with Gasteiger partial charge in [-0.1, -0.05) is 12.1 Å². The van der Waals surface area contributed by atoms with E-state index in [2.05, 4.69) is 0 Å². The zero-order valence-electron chi connectivity index (χ0n) is 13.4. The predicted molar refractivity (Wildman–Crippen MR) is 85.4 cm³/mol. The van der Waals surface area contributed by atoms with Crippen LogP contribution < -0.4 is 0 Å². The molecule has 0 saturated carbocycles. The van der Waals surface area contributed by atoms with Crippen LogP contribution >= 0.6 is 0 Å². The average molecular weight is 320 g/mol. The molecule has 118 valence electrons. The van der Waals surface area contributed by atoms with E-state index in [0.717, 1.165) is 11.1 Å². The van der Waals surface area contributed by atoms with Gasteiger partial charge in [-0.05, 0) is 68.5 Å². The van der Waals surface area contributed by atoms with Gasteiger partial charge < -0.3 is 10.2 Å². The maximum atomic E-state index is 13.0. The number of phenolic OH excluding ortho intramolecular Hbond substituents is 2. The van der Waals surface area contributed by atoms with Crippen LogP contribution in [0.1, 0.15) is 27.8 Å². The molecule has 2 N–H and O–H groups in total. The van der Waals surface area contributed by atoms with E-state index >= 15 is 0 Å². The van der Waals surface area contributed by atoms with Gasteiger partial charge in [-0.25, -0.2) is 8.42 Å². The molecule has 0 aliphatic rings. The van der Waals surface area contributed by atoms with Crippen molar-refractivity contribution in [3.8, 4) is 11.5 Å². The molecule has 0 amide bonds. The van der Waals surface area contributed by atoms with Crippen molar-refractivity contribution < 1.29 is 18.6 Å². The van der Waals surface area contributed by atoms with Crippen molar-refractivity contribution >= 4 is 9.84 Å². The topological polar surface area (TPSA) is 74.6 Å². The molecule has 0 bridgehead atoms. The first-order valence-corrected chi connectivity index (χ1v) is 8.40. The van der Waals surface area contributed by atoms with E-state index in [1.807, 2.05) is 6.92 Å². The number of benzene rings is 2. The van der Waals surface area contributed by atoms with E-state index in [1.54, 1.807) is 39.8 Å². The van der Waals surface area contributed by atoms with Crippen molar-refractivity contribution in [2.45, 2.75) is 44.4 Å². The fourth-order valence-corrected chi connectivity index (χ4v) is 4.68. The number of aromatic hydroxyl groups is 2. The number of hydrogen-bond acceptors (Lipinski definition) is 4. The van der Waals surface area contributed by atoms with E-state index in [1.165, 1.54) is 6.07 Å². The van der Waals surface area contributed by atoms with Gasteiger partial charge >= 0.3 is 0 Å². The van der Waals surface area contributed by atoms with Crippen molar-refractivity contribution in [1.82, 2.24) is 0 Å². The van der Waals surface area contributed by atoms with Gasteiger partial charge in [0.25, 0.3) is 0 Å². The third-order valence-electron chi connectivity index (χ3n) is 3.89. The summed E-state index contributed by atoms with van der Waals surface area (Å²) in [6, 6.07) is 4.83. The molecule has 0 fully saturated rings. The van der Waals surface area contributed by atoms with Gasteiger partial charge in [0.2, 0.25) is 9.84 Å². The van der Waals surface area contributed by atoms with Gasteiger partial charge in [0.05, 0.1) is 0 Å². The first-order chi connectivity index (χ1) is 10.1. The van der Waals surface area contributed by atoms with Crippen LogP contribution in [-0.4, -0.2) is 18.6 Å². The molecule has 5 heteroatoms. The minimum atomic E-state index is -4.02. The second kappa shape index (κ2) is 5.32. The molecular formula is C17H20O4S. The Morgan fingerprint density at radius 2 is 1.32 bits per heavy atom. The van der Waals surface area contributed by atoms with Gasteiger partial charge in [-0.15, -0.1) is 0 Å². The Bertz CT molecular complexity index is 842. The van der Waals surface area contributed by atoms with Crippen LogP contribution in [0.25, 0.3) is 0 Å². The number of rotatable bonds is 2. The Hall–Kier alpha value is -2.01. The van der Waals surface area contributed by atoms with Crippen molar-refractivity contribution in [2.24, 2.45) is 0 Å². The van der Waals surface area contributed by atoms with Gasteiger partial charge in [0, 0.05) is 0 Å². The quantitative estimate of drug-likeness (QED) is 0.888. The monoisotopic (exact) mass is 320 g/mol. The first kappa shape index (κ1) is 16.4. The molecule has 0 aliphatic heterocycles. The van der Waals surface area contributed by atoms with Crippen LogP contribution in [0, 0.1) is 34.6 Å². The van der Waals surface area contributed by atoms with Gasteiger partial charge in [-0.3, -0.25) is 0 Å². The summed E-state index contributed by atoms with van der Waals surface area (Å²) < 4.78 is 25.9. The summed E-state index contributed by atoms with van der Waals surface area (Å²) >= 11 is 0.